The fourth-order valence-electron chi connectivity index (χ4n) is 1.91. The summed E-state index contributed by atoms with van der Waals surface area (Å²) in [4.78, 5) is 10.8. The second-order valence-electron chi connectivity index (χ2n) is 4.76. The zero-order valence-corrected chi connectivity index (χ0v) is 11.5. The SMILES string of the molecule is CC(N)c1cc(F)ccc1OCc1ccc(C(=O)O)cc1. The zero-order chi connectivity index (χ0) is 15.4. The Bertz CT molecular complexity index is 638. The van der Waals surface area contributed by atoms with Crippen LogP contribution in [-0.2, 0) is 6.61 Å². The summed E-state index contributed by atoms with van der Waals surface area (Å²) in [5.74, 6) is -0.811. The molecule has 0 bridgehead atoms. The predicted octanol–water partition coefficient (Wildman–Crippen LogP) is 3.12. The lowest BCUT2D eigenvalue weighted by atomic mass is 10.1. The second-order valence-corrected chi connectivity index (χ2v) is 4.76. The van der Waals surface area contributed by atoms with Crippen LogP contribution in [0.3, 0.4) is 0 Å². The lowest BCUT2D eigenvalue weighted by molar-refractivity contribution is 0.0697. The Kier molecular flexibility index (Phi) is 4.55. The Morgan fingerprint density at radius 3 is 2.52 bits per heavy atom. The zero-order valence-electron chi connectivity index (χ0n) is 11.5. The molecule has 4 nitrogen and oxygen atoms in total. The van der Waals surface area contributed by atoms with Crippen molar-refractivity contribution >= 4 is 5.97 Å². The Balaban J connectivity index is 2.11. The third kappa shape index (κ3) is 3.79. The highest BCUT2D eigenvalue weighted by atomic mass is 19.1. The molecule has 2 aromatic rings. The van der Waals surface area contributed by atoms with Crippen molar-refractivity contribution in [1.29, 1.82) is 0 Å². The van der Waals surface area contributed by atoms with Crippen LogP contribution in [0.1, 0.15) is 34.5 Å². The molecule has 0 aromatic heterocycles. The second kappa shape index (κ2) is 6.37. The molecule has 3 N–H and O–H groups in total. The molecule has 0 aliphatic carbocycles. The summed E-state index contributed by atoms with van der Waals surface area (Å²) >= 11 is 0. The van der Waals surface area contributed by atoms with E-state index in [4.69, 9.17) is 15.6 Å². The Morgan fingerprint density at radius 1 is 1.29 bits per heavy atom. The smallest absolute Gasteiger partial charge is 0.335 e. The van der Waals surface area contributed by atoms with Gasteiger partial charge in [-0.2, -0.15) is 0 Å². The van der Waals surface area contributed by atoms with E-state index in [2.05, 4.69) is 0 Å². The number of rotatable bonds is 5. The van der Waals surface area contributed by atoms with Gasteiger partial charge in [0.05, 0.1) is 5.56 Å². The molecule has 0 radical (unpaired) electrons. The first-order valence-electron chi connectivity index (χ1n) is 6.47. The minimum absolute atomic E-state index is 0.219. The largest absolute Gasteiger partial charge is 0.489 e. The number of aromatic carboxylic acids is 1. The van der Waals surface area contributed by atoms with Gasteiger partial charge >= 0.3 is 5.97 Å². The molecule has 110 valence electrons. The van der Waals surface area contributed by atoms with Crippen LogP contribution in [0, 0.1) is 5.82 Å². The maximum absolute atomic E-state index is 13.2. The number of hydrogen-bond donors (Lipinski definition) is 2. The highest BCUT2D eigenvalue weighted by molar-refractivity contribution is 5.87. The van der Waals surface area contributed by atoms with Gasteiger partial charge in [0.15, 0.2) is 0 Å². The maximum Gasteiger partial charge on any atom is 0.335 e. The number of carboxylic acids is 1. The number of carboxylic acid groups (broad SMARTS) is 1. The highest BCUT2D eigenvalue weighted by Gasteiger charge is 2.10. The van der Waals surface area contributed by atoms with Gasteiger partial charge in [-0.05, 0) is 42.8 Å². The molecule has 0 amide bonds. The van der Waals surface area contributed by atoms with Gasteiger partial charge in [0, 0.05) is 11.6 Å². The summed E-state index contributed by atoms with van der Waals surface area (Å²) < 4.78 is 18.9. The Morgan fingerprint density at radius 2 is 1.95 bits per heavy atom. The van der Waals surface area contributed by atoms with Gasteiger partial charge in [-0.15, -0.1) is 0 Å². The summed E-state index contributed by atoms with van der Waals surface area (Å²) in [6, 6.07) is 10.3. The van der Waals surface area contributed by atoms with Gasteiger partial charge in [0.25, 0.3) is 0 Å². The van der Waals surface area contributed by atoms with Gasteiger partial charge in [-0.1, -0.05) is 12.1 Å². The van der Waals surface area contributed by atoms with Crippen LogP contribution < -0.4 is 10.5 Å². The van der Waals surface area contributed by atoms with E-state index in [9.17, 15) is 9.18 Å². The van der Waals surface area contributed by atoms with Gasteiger partial charge in [0.2, 0.25) is 0 Å². The van der Waals surface area contributed by atoms with E-state index in [1.807, 2.05) is 0 Å². The molecule has 0 spiro atoms. The first kappa shape index (κ1) is 15.0. The van der Waals surface area contributed by atoms with Crippen molar-refractivity contribution in [3.8, 4) is 5.75 Å². The fourth-order valence-corrected chi connectivity index (χ4v) is 1.91. The van der Waals surface area contributed by atoms with Crippen LogP contribution in [0.5, 0.6) is 5.75 Å². The van der Waals surface area contributed by atoms with Gasteiger partial charge in [-0.25, -0.2) is 9.18 Å². The average molecular weight is 289 g/mol. The average Bonchev–Trinajstić information content (AvgIpc) is 2.46. The molecule has 5 heteroatoms. The number of benzene rings is 2. The third-order valence-electron chi connectivity index (χ3n) is 3.06. The first-order chi connectivity index (χ1) is 9.97. The van der Waals surface area contributed by atoms with E-state index in [0.29, 0.717) is 11.3 Å². The molecule has 0 aliphatic rings. The molecule has 0 fully saturated rings. The molecule has 1 unspecified atom stereocenters. The molecule has 21 heavy (non-hydrogen) atoms. The monoisotopic (exact) mass is 289 g/mol. The van der Waals surface area contributed by atoms with E-state index >= 15 is 0 Å². The Labute approximate surface area is 122 Å². The van der Waals surface area contributed by atoms with Crippen LogP contribution in [0.25, 0.3) is 0 Å². The van der Waals surface area contributed by atoms with Crippen LogP contribution >= 0.6 is 0 Å². The number of hydrogen-bond acceptors (Lipinski definition) is 3. The standard InChI is InChI=1S/C16H16FNO3/c1-10(18)14-8-13(17)6-7-15(14)21-9-11-2-4-12(5-3-11)16(19)20/h2-8,10H,9,18H2,1H3,(H,19,20). The van der Waals surface area contributed by atoms with E-state index in [-0.39, 0.29) is 24.0 Å². The molecule has 0 saturated carbocycles. The Hall–Kier alpha value is -2.40. The van der Waals surface area contributed by atoms with Crippen molar-refractivity contribution in [2.24, 2.45) is 5.73 Å². The summed E-state index contributed by atoms with van der Waals surface area (Å²) in [7, 11) is 0. The third-order valence-corrected chi connectivity index (χ3v) is 3.06. The molecule has 0 saturated heterocycles. The molecular weight excluding hydrogens is 273 g/mol. The van der Waals surface area contributed by atoms with E-state index in [1.54, 1.807) is 25.1 Å². The molecular formula is C16H16FNO3. The van der Waals surface area contributed by atoms with Crippen LogP contribution in [0.4, 0.5) is 4.39 Å². The molecule has 0 aliphatic heterocycles. The lowest BCUT2D eigenvalue weighted by Crippen LogP contribution is -2.08. The van der Waals surface area contributed by atoms with E-state index in [1.165, 1.54) is 24.3 Å². The molecule has 2 rings (SSSR count). The summed E-state index contributed by atoms with van der Waals surface area (Å²) in [6.45, 7) is 2.01. The molecule has 1 atom stereocenters. The van der Waals surface area contributed by atoms with Crippen molar-refractivity contribution in [3.05, 3.63) is 65.0 Å². The van der Waals surface area contributed by atoms with Crippen molar-refractivity contribution in [2.75, 3.05) is 0 Å². The minimum Gasteiger partial charge on any atom is -0.489 e. The molecule has 0 heterocycles. The van der Waals surface area contributed by atoms with Gasteiger partial charge in [-0.3, -0.25) is 0 Å². The van der Waals surface area contributed by atoms with Crippen molar-refractivity contribution in [3.63, 3.8) is 0 Å². The topological polar surface area (TPSA) is 72.5 Å². The fraction of sp³-hybridized carbons (Fsp3) is 0.188. The van der Waals surface area contributed by atoms with E-state index < -0.39 is 5.97 Å². The summed E-state index contributed by atoms with van der Waals surface area (Å²) in [6.07, 6.45) is 0. The summed E-state index contributed by atoms with van der Waals surface area (Å²) in [5.41, 5.74) is 7.43. The van der Waals surface area contributed by atoms with Crippen molar-refractivity contribution in [1.82, 2.24) is 0 Å². The predicted molar refractivity (Wildman–Crippen MR) is 76.7 cm³/mol. The van der Waals surface area contributed by atoms with Crippen molar-refractivity contribution < 1.29 is 19.0 Å². The normalized spacial score (nSPS) is 12.0. The lowest BCUT2D eigenvalue weighted by Gasteiger charge is -2.14. The van der Waals surface area contributed by atoms with Crippen LogP contribution in [0.2, 0.25) is 0 Å². The molecule has 2 aromatic carbocycles. The summed E-state index contributed by atoms with van der Waals surface area (Å²) in [5, 5.41) is 8.83. The van der Waals surface area contributed by atoms with E-state index in [0.717, 1.165) is 5.56 Å². The quantitative estimate of drug-likeness (QED) is 0.887. The number of ether oxygens (including phenoxy) is 1. The van der Waals surface area contributed by atoms with Gasteiger partial charge in [0.1, 0.15) is 18.2 Å². The van der Waals surface area contributed by atoms with Crippen LogP contribution in [0.15, 0.2) is 42.5 Å². The number of halogens is 1. The maximum atomic E-state index is 13.2. The number of nitrogens with two attached hydrogens (primary N) is 1. The van der Waals surface area contributed by atoms with Crippen LogP contribution in [-0.4, -0.2) is 11.1 Å². The highest BCUT2D eigenvalue weighted by Crippen LogP contribution is 2.25. The van der Waals surface area contributed by atoms with Gasteiger partial charge < -0.3 is 15.6 Å². The van der Waals surface area contributed by atoms with Crippen molar-refractivity contribution in [2.45, 2.75) is 19.6 Å². The minimum atomic E-state index is -0.972. The first-order valence-corrected chi connectivity index (χ1v) is 6.47. The number of carbonyl (C=O) groups is 1.